The first-order valence-electron chi connectivity index (χ1n) is 7.78. The SMILES string of the molecule is CCCNCC(CCOCCOC)Cc1cccc(F)c1. The average molecular weight is 297 g/mol. The highest BCUT2D eigenvalue weighted by Crippen LogP contribution is 2.13. The van der Waals surface area contributed by atoms with Crippen molar-refractivity contribution in [3.05, 3.63) is 35.6 Å². The number of ether oxygens (including phenoxy) is 2. The van der Waals surface area contributed by atoms with Gasteiger partial charge in [0, 0.05) is 13.7 Å². The largest absolute Gasteiger partial charge is 0.382 e. The highest BCUT2D eigenvalue weighted by molar-refractivity contribution is 5.16. The third kappa shape index (κ3) is 8.81. The number of hydrogen-bond acceptors (Lipinski definition) is 3. The summed E-state index contributed by atoms with van der Waals surface area (Å²) in [6.45, 7) is 6.09. The molecule has 120 valence electrons. The van der Waals surface area contributed by atoms with Gasteiger partial charge in [-0.25, -0.2) is 4.39 Å². The van der Waals surface area contributed by atoms with E-state index in [4.69, 9.17) is 9.47 Å². The Bertz CT molecular complexity index is 374. The Morgan fingerprint density at radius 2 is 2.10 bits per heavy atom. The fraction of sp³-hybridized carbons (Fsp3) is 0.647. The third-order valence-corrected chi connectivity index (χ3v) is 3.38. The topological polar surface area (TPSA) is 30.5 Å². The second-order valence-corrected chi connectivity index (χ2v) is 5.30. The minimum atomic E-state index is -0.163. The number of rotatable bonds is 12. The molecule has 1 aromatic carbocycles. The summed E-state index contributed by atoms with van der Waals surface area (Å²) in [4.78, 5) is 0. The lowest BCUT2D eigenvalue weighted by molar-refractivity contribution is 0.0636. The van der Waals surface area contributed by atoms with Crippen LogP contribution in [0.15, 0.2) is 24.3 Å². The molecule has 1 N–H and O–H groups in total. The van der Waals surface area contributed by atoms with Crippen molar-refractivity contribution in [2.75, 3.05) is 40.0 Å². The van der Waals surface area contributed by atoms with E-state index in [2.05, 4.69) is 12.2 Å². The summed E-state index contributed by atoms with van der Waals surface area (Å²) >= 11 is 0. The lowest BCUT2D eigenvalue weighted by Gasteiger charge is -2.18. The van der Waals surface area contributed by atoms with Crippen LogP contribution in [0, 0.1) is 11.7 Å². The molecule has 0 aliphatic heterocycles. The van der Waals surface area contributed by atoms with Crippen LogP contribution in [0.1, 0.15) is 25.3 Å². The van der Waals surface area contributed by atoms with Gasteiger partial charge in [0.2, 0.25) is 0 Å². The monoisotopic (exact) mass is 297 g/mol. The zero-order valence-corrected chi connectivity index (χ0v) is 13.2. The van der Waals surface area contributed by atoms with E-state index in [9.17, 15) is 4.39 Å². The molecule has 0 aliphatic rings. The van der Waals surface area contributed by atoms with E-state index in [1.54, 1.807) is 19.2 Å². The molecule has 0 spiro atoms. The summed E-state index contributed by atoms with van der Waals surface area (Å²) in [5.41, 5.74) is 1.05. The van der Waals surface area contributed by atoms with Crippen LogP contribution in [0.25, 0.3) is 0 Å². The van der Waals surface area contributed by atoms with Crippen molar-refractivity contribution in [3.63, 3.8) is 0 Å². The van der Waals surface area contributed by atoms with Crippen molar-refractivity contribution < 1.29 is 13.9 Å². The molecule has 0 amide bonds. The average Bonchev–Trinajstić information content (AvgIpc) is 2.47. The van der Waals surface area contributed by atoms with E-state index < -0.39 is 0 Å². The molecule has 0 saturated heterocycles. The zero-order chi connectivity index (χ0) is 15.3. The molecule has 1 rings (SSSR count). The van der Waals surface area contributed by atoms with Gasteiger partial charge in [0.1, 0.15) is 5.82 Å². The van der Waals surface area contributed by atoms with Gasteiger partial charge in [-0.3, -0.25) is 0 Å². The highest BCUT2D eigenvalue weighted by Gasteiger charge is 2.10. The molecule has 0 aliphatic carbocycles. The number of halogens is 1. The molecule has 1 aromatic rings. The first-order valence-corrected chi connectivity index (χ1v) is 7.78. The Morgan fingerprint density at radius 1 is 1.24 bits per heavy atom. The smallest absolute Gasteiger partial charge is 0.123 e. The summed E-state index contributed by atoms with van der Waals surface area (Å²) in [5.74, 6) is 0.296. The number of benzene rings is 1. The maximum Gasteiger partial charge on any atom is 0.123 e. The molecule has 1 unspecified atom stereocenters. The van der Waals surface area contributed by atoms with Crippen LogP contribution in [0.2, 0.25) is 0 Å². The quantitative estimate of drug-likeness (QED) is 0.602. The number of methoxy groups -OCH3 is 1. The number of nitrogens with one attached hydrogen (secondary N) is 1. The van der Waals surface area contributed by atoms with Gasteiger partial charge in [0.25, 0.3) is 0 Å². The van der Waals surface area contributed by atoms with Crippen molar-refractivity contribution in [2.45, 2.75) is 26.2 Å². The van der Waals surface area contributed by atoms with E-state index >= 15 is 0 Å². The molecule has 3 nitrogen and oxygen atoms in total. The maximum atomic E-state index is 13.3. The van der Waals surface area contributed by atoms with Gasteiger partial charge in [-0.1, -0.05) is 19.1 Å². The van der Waals surface area contributed by atoms with Crippen molar-refractivity contribution in [3.8, 4) is 0 Å². The van der Waals surface area contributed by atoms with Crippen LogP contribution >= 0.6 is 0 Å². The van der Waals surface area contributed by atoms with Crippen LogP contribution < -0.4 is 5.32 Å². The van der Waals surface area contributed by atoms with Gasteiger partial charge in [-0.15, -0.1) is 0 Å². The lowest BCUT2D eigenvalue weighted by Crippen LogP contribution is -2.26. The van der Waals surface area contributed by atoms with Gasteiger partial charge in [0.15, 0.2) is 0 Å². The van der Waals surface area contributed by atoms with Crippen LogP contribution in [0.4, 0.5) is 4.39 Å². The predicted octanol–water partition coefficient (Wildman–Crippen LogP) is 3.04. The minimum Gasteiger partial charge on any atom is -0.382 e. The van der Waals surface area contributed by atoms with Gasteiger partial charge < -0.3 is 14.8 Å². The van der Waals surface area contributed by atoms with Gasteiger partial charge in [-0.2, -0.15) is 0 Å². The van der Waals surface area contributed by atoms with E-state index in [0.717, 1.165) is 44.5 Å². The van der Waals surface area contributed by atoms with Crippen LogP contribution in [-0.4, -0.2) is 40.0 Å². The Hall–Kier alpha value is -0.970. The van der Waals surface area contributed by atoms with Crippen molar-refractivity contribution in [1.82, 2.24) is 5.32 Å². The lowest BCUT2D eigenvalue weighted by atomic mass is 9.96. The molecular weight excluding hydrogens is 269 g/mol. The summed E-state index contributed by atoms with van der Waals surface area (Å²) in [6.07, 6.45) is 2.97. The van der Waals surface area contributed by atoms with E-state index in [1.807, 2.05) is 6.07 Å². The van der Waals surface area contributed by atoms with Crippen LogP contribution in [0.3, 0.4) is 0 Å². The minimum absolute atomic E-state index is 0.163. The molecule has 1 atom stereocenters. The molecule has 0 heterocycles. The zero-order valence-electron chi connectivity index (χ0n) is 13.2. The van der Waals surface area contributed by atoms with Gasteiger partial charge >= 0.3 is 0 Å². The summed E-state index contributed by atoms with van der Waals surface area (Å²) in [5, 5.41) is 3.45. The van der Waals surface area contributed by atoms with Crippen molar-refractivity contribution in [1.29, 1.82) is 0 Å². The number of hydrogen-bond donors (Lipinski definition) is 1. The Labute approximate surface area is 127 Å². The second kappa shape index (κ2) is 11.7. The first kappa shape index (κ1) is 18.1. The van der Waals surface area contributed by atoms with E-state index in [-0.39, 0.29) is 5.82 Å². The molecular formula is C17H28FNO2. The molecule has 0 bridgehead atoms. The fourth-order valence-electron chi connectivity index (χ4n) is 2.25. The highest BCUT2D eigenvalue weighted by atomic mass is 19.1. The van der Waals surface area contributed by atoms with Crippen molar-refractivity contribution in [2.24, 2.45) is 5.92 Å². The third-order valence-electron chi connectivity index (χ3n) is 3.38. The molecule has 21 heavy (non-hydrogen) atoms. The van der Waals surface area contributed by atoms with E-state index in [1.165, 1.54) is 6.07 Å². The molecule has 0 fully saturated rings. The predicted molar refractivity (Wildman–Crippen MR) is 84.1 cm³/mol. The van der Waals surface area contributed by atoms with E-state index in [0.29, 0.717) is 19.1 Å². The Kier molecular flexibility index (Phi) is 10.0. The summed E-state index contributed by atoms with van der Waals surface area (Å²) in [7, 11) is 1.67. The van der Waals surface area contributed by atoms with Crippen molar-refractivity contribution >= 4 is 0 Å². The van der Waals surface area contributed by atoms with Crippen LogP contribution in [0.5, 0.6) is 0 Å². The molecule has 0 saturated carbocycles. The standard InChI is InChI=1S/C17H28FNO2/c1-3-8-19-14-16(7-9-21-11-10-20-2)12-15-5-4-6-17(18)13-15/h4-6,13,16,19H,3,7-12,14H2,1-2H3. The van der Waals surface area contributed by atoms with Gasteiger partial charge in [-0.05, 0) is 56.0 Å². The summed E-state index contributed by atoms with van der Waals surface area (Å²) in [6, 6.07) is 6.87. The maximum absolute atomic E-state index is 13.3. The molecule has 0 aromatic heterocycles. The van der Waals surface area contributed by atoms with Crippen LogP contribution in [-0.2, 0) is 15.9 Å². The Morgan fingerprint density at radius 3 is 2.81 bits per heavy atom. The normalized spacial score (nSPS) is 12.5. The Balaban J connectivity index is 2.39. The second-order valence-electron chi connectivity index (χ2n) is 5.30. The van der Waals surface area contributed by atoms with Gasteiger partial charge in [0.05, 0.1) is 13.2 Å². The summed E-state index contributed by atoms with van der Waals surface area (Å²) < 4.78 is 23.8. The first-order chi connectivity index (χ1) is 10.3. The molecule has 4 heteroatoms. The fourth-order valence-corrected chi connectivity index (χ4v) is 2.25. The molecule has 0 radical (unpaired) electrons.